The highest BCUT2D eigenvalue weighted by Crippen LogP contribution is 2.21. The van der Waals surface area contributed by atoms with E-state index in [4.69, 9.17) is 5.26 Å². The van der Waals surface area contributed by atoms with Crippen LogP contribution in [0.1, 0.15) is 19.4 Å². The zero-order chi connectivity index (χ0) is 13.1. The van der Waals surface area contributed by atoms with E-state index in [-0.39, 0.29) is 5.54 Å². The van der Waals surface area contributed by atoms with Crippen LogP contribution in [0, 0.1) is 11.3 Å². The summed E-state index contributed by atoms with van der Waals surface area (Å²) in [5, 5.41) is 12.2. The van der Waals surface area contributed by atoms with Crippen LogP contribution in [0.25, 0.3) is 0 Å². The maximum Gasteiger partial charge on any atom is 0.100 e. The Morgan fingerprint density at radius 3 is 2.53 bits per heavy atom. The molecule has 3 nitrogen and oxygen atoms in total. The van der Waals surface area contributed by atoms with Crippen LogP contribution in [0.15, 0.2) is 22.7 Å². The fourth-order valence-electron chi connectivity index (χ4n) is 1.19. The minimum absolute atomic E-state index is 0.0837. The SMILES string of the molecule is CN(C)C(C)(C)CNc1ccc(C#N)c(Br)c1. The van der Waals surface area contributed by atoms with E-state index in [1.165, 1.54) is 0 Å². The average molecular weight is 296 g/mol. The van der Waals surface area contributed by atoms with Gasteiger partial charge < -0.3 is 10.2 Å². The molecule has 0 amide bonds. The van der Waals surface area contributed by atoms with Crippen molar-refractivity contribution in [2.75, 3.05) is 26.0 Å². The summed E-state index contributed by atoms with van der Waals surface area (Å²) in [5.74, 6) is 0. The third-order valence-corrected chi connectivity index (χ3v) is 3.68. The Morgan fingerprint density at radius 1 is 1.41 bits per heavy atom. The Balaban J connectivity index is 2.72. The number of benzene rings is 1. The van der Waals surface area contributed by atoms with E-state index in [2.05, 4.69) is 60.2 Å². The summed E-state index contributed by atoms with van der Waals surface area (Å²) in [7, 11) is 4.13. The van der Waals surface area contributed by atoms with Crippen LogP contribution >= 0.6 is 15.9 Å². The molecule has 1 aromatic rings. The first kappa shape index (κ1) is 14.0. The monoisotopic (exact) mass is 295 g/mol. The molecule has 0 aliphatic rings. The van der Waals surface area contributed by atoms with Gasteiger partial charge in [-0.05, 0) is 62.1 Å². The molecule has 0 aromatic heterocycles. The lowest BCUT2D eigenvalue weighted by Gasteiger charge is -2.33. The quantitative estimate of drug-likeness (QED) is 0.928. The molecular weight excluding hydrogens is 278 g/mol. The van der Waals surface area contributed by atoms with Gasteiger partial charge in [-0.25, -0.2) is 0 Å². The third kappa shape index (κ3) is 3.72. The number of nitrogens with zero attached hydrogens (tertiary/aromatic N) is 2. The van der Waals surface area contributed by atoms with E-state index in [0.717, 1.165) is 16.7 Å². The molecule has 0 fully saturated rings. The van der Waals surface area contributed by atoms with E-state index >= 15 is 0 Å². The molecule has 0 bridgehead atoms. The number of likely N-dealkylation sites (N-methyl/N-ethyl adjacent to an activating group) is 1. The predicted octanol–water partition coefficient (Wildman–Crippen LogP) is 3.07. The van der Waals surface area contributed by atoms with Crippen molar-refractivity contribution in [2.24, 2.45) is 0 Å². The average Bonchev–Trinajstić information content (AvgIpc) is 2.26. The summed E-state index contributed by atoms with van der Waals surface area (Å²) in [6, 6.07) is 7.81. The molecule has 0 aliphatic heterocycles. The van der Waals surface area contributed by atoms with Crippen molar-refractivity contribution in [3.8, 4) is 6.07 Å². The van der Waals surface area contributed by atoms with Gasteiger partial charge in [-0.2, -0.15) is 5.26 Å². The molecule has 0 radical (unpaired) electrons. The Bertz CT molecular complexity index is 433. The lowest BCUT2D eigenvalue weighted by Crippen LogP contribution is -2.44. The number of anilines is 1. The first-order chi connectivity index (χ1) is 7.86. The van der Waals surface area contributed by atoms with Crippen LogP contribution in [0.3, 0.4) is 0 Å². The second-order valence-electron chi connectivity index (χ2n) is 4.87. The van der Waals surface area contributed by atoms with E-state index in [1.54, 1.807) is 0 Å². The second kappa shape index (κ2) is 5.52. The molecule has 1 aromatic carbocycles. The summed E-state index contributed by atoms with van der Waals surface area (Å²) in [5.41, 5.74) is 1.76. The maximum absolute atomic E-state index is 8.83. The Hall–Kier alpha value is -1.05. The first-order valence-electron chi connectivity index (χ1n) is 5.48. The van der Waals surface area contributed by atoms with Crippen molar-refractivity contribution in [3.63, 3.8) is 0 Å². The van der Waals surface area contributed by atoms with Crippen molar-refractivity contribution >= 4 is 21.6 Å². The normalized spacial score (nSPS) is 11.4. The number of rotatable bonds is 4. The molecule has 0 atom stereocenters. The topological polar surface area (TPSA) is 39.1 Å². The van der Waals surface area contributed by atoms with Gasteiger partial charge in [0.2, 0.25) is 0 Å². The number of hydrogen-bond acceptors (Lipinski definition) is 3. The predicted molar refractivity (Wildman–Crippen MR) is 75.1 cm³/mol. The van der Waals surface area contributed by atoms with Crippen molar-refractivity contribution in [1.29, 1.82) is 5.26 Å². The zero-order valence-corrected chi connectivity index (χ0v) is 12.3. The fourth-order valence-corrected chi connectivity index (χ4v) is 1.66. The van der Waals surface area contributed by atoms with Crippen molar-refractivity contribution in [1.82, 2.24) is 4.90 Å². The molecule has 92 valence electrons. The van der Waals surface area contributed by atoms with Crippen LogP contribution in [-0.2, 0) is 0 Å². The number of halogens is 1. The van der Waals surface area contributed by atoms with Gasteiger partial charge in [0, 0.05) is 22.2 Å². The number of nitriles is 1. The van der Waals surface area contributed by atoms with Gasteiger partial charge in [-0.15, -0.1) is 0 Å². The molecule has 0 heterocycles. The Morgan fingerprint density at radius 2 is 2.06 bits per heavy atom. The van der Waals surface area contributed by atoms with Gasteiger partial charge in [0.15, 0.2) is 0 Å². The highest BCUT2D eigenvalue weighted by molar-refractivity contribution is 9.10. The van der Waals surface area contributed by atoms with Crippen LogP contribution in [-0.4, -0.2) is 31.1 Å². The minimum Gasteiger partial charge on any atom is -0.383 e. The second-order valence-corrected chi connectivity index (χ2v) is 5.72. The van der Waals surface area contributed by atoms with Crippen LogP contribution in [0.2, 0.25) is 0 Å². The van der Waals surface area contributed by atoms with Crippen molar-refractivity contribution in [3.05, 3.63) is 28.2 Å². The fraction of sp³-hybridized carbons (Fsp3) is 0.462. The van der Waals surface area contributed by atoms with Crippen molar-refractivity contribution in [2.45, 2.75) is 19.4 Å². The van der Waals surface area contributed by atoms with Gasteiger partial charge in [0.05, 0.1) is 5.56 Å². The molecule has 0 unspecified atom stereocenters. The van der Waals surface area contributed by atoms with Crippen LogP contribution in [0.5, 0.6) is 0 Å². The molecular formula is C13H18BrN3. The molecule has 0 spiro atoms. The number of nitrogens with one attached hydrogen (secondary N) is 1. The summed E-state index contributed by atoms with van der Waals surface area (Å²) in [4.78, 5) is 2.18. The summed E-state index contributed by atoms with van der Waals surface area (Å²) < 4.78 is 0.827. The summed E-state index contributed by atoms with van der Waals surface area (Å²) >= 11 is 3.38. The van der Waals surface area contributed by atoms with Gasteiger partial charge in [-0.3, -0.25) is 0 Å². The third-order valence-electron chi connectivity index (χ3n) is 3.03. The molecule has 1 N–H and O–H groups in total. The minimum atomic E-state index is 0.0837. The van der Waals surface area contributed by atoms with Gasteiger partial charge in [0.25, 0.3) is 0 Å². The molecule has 0 saturated carbocycles. The molecule has 4 heteroatoms. The maximum atomic E-state index is 8.83. The molecule has 0 saturated heterocycles. The lowest BCUT2D eigenvalue weighted by atomic mass is 10.0. The van der Waals surface area contributed by atoms with Crippen LogP contribution < -0.4 is 5.32 Å². The molecule has 1 rings (SSSR count). The van der Waals surface area contributed by atoms with Gasteiger partial charge in [-0.1, -0.05) is 0 Å². The van der Waals surface area contributed by atoms with Crippen LogP contribution in [0.4, 0.5) is 5.69 Å². The highest BCUT2D eigenvalue weighted by Gasteiger charge is 2.19. The molecule has 0 aliphatic carbocycles. The molecule has 17 heavy (non-hydrogen) atoms. The van der Waals surface area contributed by atoms with Gasteiger partial charge in [0.1, 0.15) is 6.07 Å². The van der Waals surface area contributed by atoms with Gasteiger partial charge >= 0.3 is 0 Å². The van der Waals surface area contributed by atoms with E-state index in [1.807, 2.05) is 18.2 Å². The van der Waals surface area contributed by atoms with E-state index in [0.29, 0.717) is 5.56 Å². The Kier molecular flexibility index (Phi) is 4.55. The lowest BCUT2D eigenvalue weighted by molar-refractivity contribution is 0.210. The van der Waals surface area contributed by atoms with Crippen molar-refractivity contribution < 1.29 is 0 Å². The summed E-state index contributed by atoms with van der Waals surface area (Å²) in [6.45, 7) is 5.20. The standard InChI is InChI=1S/C13H18BrN3/c1-13(2,17(3)4)9-16-11-6-5-10(8-15)12(14)7-11/h5-7,16H,9H2,1-4H3. The summed E-state index contributed by atoms with van der Waals surface area (Å²) in [6.07, 6.45) is 0. The van der Waals surface area contributed by atoms with E-state index in [9.17, 15) is 0 Å². The Labute approximate surface area is 112 Å². The highest BCUT2D eigenvalue weighted by atomic mass is 79.9. The zero-order valence-electron chi connectivity index (χ0n) is 10.7. The number of hydrogen-bond donors (Lipinski definition) is 1. The largest absolute Gasteiger partial charge is 0.383 e. The first-order valence-corrected chi connectivity index (χ1v) is 6.27. The van der Waals surface area contributed by atoms with E-state index < -0.39 is 0 Å². The smallest absolute Gasteiger partial charge is 0.100 e.